The number of hydrogen-bond donors (Lipinski definition) is 2. The first-order chi connectivity index (χ1) is 12.7. The van der Waals surface area contributed by atoms with E-state index in [1.54, 1.807) is 24.3 Å². The van der Waals surface area contributed by atoms with Crippen LogP contribution in [-0.2, 0) is 6.54 Å². The van der Waals surface area contributed by atoms with E-state index >= 15 is 0 Å². The Hall–Kier alpha value is -3.48. The highest BCUT2D eigenvalue weighted by Crippen LogP contribution is 2.30. The van der Waals surface area contributed by atoms with Crippen molar-refractivity contribution in [3.05, 3.63) is 70.2 Å². The van der Waals surface area contributed by atoms with Gasteiger partial charge in [0, 0.05) is 6.54 Å². The van der Waals surface area contributed by atoms with Gasteiger partial charge in [-0.05, 0) is 42.0 Å². The zero-order valence-corrected chi connectivity index (χ0v) is 13.8. The highest BCUT2D eigenvalue weighted by atomic mass is 16.6. The molecule has 3 aromatic rings. The van der Waals surface area contributed by atoms with Crippen molar-refractivity contribution in [2.45, 2.75) is 6.54 Å². The lowest BCUT2D eigenvalue weighted by molar-refractivity contribution is 0.0949. The van der Waals surface area contributed by atoms with Gasteiger partial charge in [-0.2, -0.15) is 0 Å². The Labute approximate surface area is 148 Å². The fraction of sp³-hybridized carbons (Fsp3) is 0.158. The molecule has 0 radical (unpaired) electrons. The topological polar surface area (TPSA) is 93.6 Å². The summed E-state index contributed by atoms with van der Waals surface area (Å²) >= 11 is 0. The zero-order chi connectivity index (χ0) is 17.9. The third-order valence-electron chi connectivity index (χ3n) is 4.00. The largest absolute Gasteiger partial charge is 0.486 e. The summed E-state index contributed by atoms with van der Waals surface area (Å²) in [4.78, 5) is 27.2. The molecular formula is C19H16N2O5. The predicted molar refractivity (Wildman–Crippen MR) is 93.4 cm³/mol. The number of ether oxygens (including phenoxy) is 2. The van der Waals surface area contributed by atoms with Crippen LogP contribution in [0, 0.1) is 0 Å². The van der Waals surface area contributed by atoms with E-state index in [2.05, 4.69) is 10.3 Å². The van der Waals surface area contributed by atoms with Crippen molar-refractivity contribution in [1.29, 1.82) is 0 Å². The van der Waals surface area contributed by atoms with Gasteiger partial charge in [-0.1, -0.05) is 6.07 Å². The maximum Gasteiger partial charge on any atom is 0.261 e. The molecule has 0 saturated carbocycles. The Balaban J connectivity index is 1.46. The average molecular weight is 352 g/mol. The SMILES string of the molecule is O=C(NCc1ccc2c(c1)OCCO2)c1ccc(-c2ccco2)[nH]c1=O. The Morgan fingerprint density at radius 3 is 2.69 bits per heavy atom. The predicted octanol–water partition coefficient (Wildman–Crippen LogP) is 2.34. The van der Waals surface area contributed by atoms with E-state index in [-0.39, 0.29) is 12.1 Å². The summed E-state index contributed by atoms with van der Waals surface area (Å²) in [5.74, 6) is 1.43. The van der Waals surface area contributed by atoms with Crippen LogP contribution in [0.15, 0.2) is 57.9 Å². The number of amides is 1. The quantitative estimate of drug-likeness (QED) is 0.752. The van der Waals surface area contributed by atoms with Crippen LogP contribution in [0.2, 0.25) is 0 Å². The molecule has 1 aliphatic rings. The van der Waals surface area contributed by atoms with Crippen molar-refractivity contribution in [3.63, 3.8) is 0 Å². The summed E-state index contributed by atoms with van der Waals surface area (Å²) in [6.07, 6.45) is 1.52. The van der Waals surface area contributed by atoms with Gasteiger partial charge in [0.2, 0.25) is 0 Å². The Morgan fingerprint density at radius 1 is 1.08 bits per heavy atom. The number of carbonyl (C=O) groups excluding carboxylic acids is 1. The summed E-state index contributed by atoms with van der Waals surface area (Å²) < 4.78 is 16.2. The highest BCUT2D eigenvalue weighted by molar-refractivity contribution is 5.94. The number of hydrogen-bond acceptors (Lipinski definition) is 5. The molecule has 2 N–H and O–H groups in total. The normalized spacial score (nSPS) is 12.6. The number of nitrogens with one attached hydrogen (secondary N) is 2. The minimum Gasteiger partial charge on any atom is -0.486 e. The van der Waals surface area contributed by atoms with Crippen LogP contribution in [0.5, 0.6) is 11.5 Å². The van der Waals surface area contributed by atoms with Crippen molar-refractivity contribution in [2.24, 2.45) is 0 Å². The van der Waals surface area contributed by atoms with Gasteiger partial charge in [0.1, 0.15) is 24.5 Å². The minimum atomic E-state index is -0.474. The van der Waals surface area contributed by atoms with Gasteiger partial charge in [0.15, 0.2) is 11.5 Å². The van der Waals surface area contributed by atoms with E-state index in [0.29, 0.717) is 36.2 Å². The smallest absolute Gasteiger partial charge is 0.261 e. The minimum absolute atomic E-state index is 0.0397. The summed E-state index contributed by atoms with van der Waals surface area (Å²) in [6, 6.07) is 12.0. The molecule has 2 aromatic heterocycles. The van der Waals surface area contributed by atoms with Crippen LogP contribution in [0.3, 0.4) is 0 Å². The maximum absolute atomic E-state index is 12.3. The molecule has 1 aliphatic heterocycles. The number of benzene rings is 1. The second kappa shape index (κ2) is 6.79. The van der Waals surface area contributed by atoms with Gasteiger partial charge < -0.3 is 24.2 Å². The second-order valence-corrected chi connectivity index (χ2v) is 5.75. The molecule has 1 amide bonds. The molecule has 4 rings (SSSR count). The Morgan fingerprint density at radius 2 is 1.92 bits per heavy atom. The Bertz CT molecular complexity index is 991. The molecule has 0 fully saturated rings. The molecule has 26 heavy (non-hydrogen) atoms. The van der Waals surface area contributed by atoms with Gasteiger partial charge in [0.05, 0.1) is 12.0 Å². The van der Waals surface area contributed by atoms with Crippen molar-refractivity contribution in [2.75, 3.05) is 13.2 Å². The zero-order valence-electron chi connectivity index (χ0n) is 13.8. The van der Waals surface area contributed by atoms with Gasteiger partial charge in [-0.3, -0.25) is 9.59 Å². The lowest BCUT2D eigenvalue weighted by Crippen LogP contribution is -2.29. The summed E-state index contributed by atoms with van der Waals surface area (Å²) in [7, 11) is 0. The summed E-state index contributed by atoms with van der Waals surface area (Å²) in [6.45, 7) is 1.30. The van der Waals surface area contributed by atoms with Crippen LogP contribution in [0.25, 0.3) is 11.5 Å². The molecule has 0 spiro atoms. The van der Waals surface area contributed by atoms with Crippen LogP contribution in [-0.4, -0.2) is 24.1 Å². The van der Waals surface area contributed by atoms with Gasteiger partial charge in [-0.15, -0.1) is 0 Å². The molecular weight excluding hydrogens is 336 g/mol. The molecule has 3 heterocycles. The van der Waals surface area contributed by atoms with E-state index in [1.165, 1.54) is 12.3 Å². The average Bonchev–Trinajstić information content (AvgIpc) is 3.20. The first-order valence-corrected chi connectivity index (χ1v) is 8.14. The van der Waals surface area contributed by atoms with Gasteiger partial charge in [0.25, 0.3) is 11.5 Å². The Kier molecular flexibility index (Phi) is 4.18. The number of H-pyrrole nitrogens is 1. The van der Waals surface area contributed by atoms with E-state index in [4.69, 9.17) is 13.9 Å². The molecule has 7 heteroatoms. The number of furan rings is 1. The van der Waals surface area contributed by atoms with Crippen LogP contribution >= 0.6 is 0 Å². The molecule has 0 aliphatic carbocycles. The number of pyridine rings is 1. The molecule has 0 unspecified atom stereocenters. The fourth-order valence-corrected chi connectivity index (χ4v) is 2.70. The lowest BCUT2D eigenvalue weighted by Gasteiger charge is -2.18. The summed E-state index contributed by atoms with van der Waals surface area (Å²) in [5, 5.41) is 2.74. The van der Waals surface area contributed by atoms with Crippen molar-refractivity contribution in [3.8, 4) is 23.0 Å². The number of aromatic nitrogens is 1. The molecule has 0 atom stereocenters. The van der Waals surface area contributed by atoms with E-state index in [0.717, 1.165) is 5.56 Å². The van der Waals surface area contributed by atoms with Crippen molar-refractivity contribution >= 4 is 5.91 Å². The van der Waals surface area contributed by atoms with Crippen LogP contribution < -0.4 is 20.3 Å². The van der Waals surface area contributed by atoms with Crippen molar-refractivity contribution in [1.82, 2.24) is 10.3 Å². The molecule has 0 saturated heterocycles. The van der Waals surface area contributed by atoms with E-state index in [9.17, 15) is 9.59 Å². The standard InChI is InChI=1S/C19H16N2O5/c22-18(13-4-5-14(21-19(13)23)15-2-1-7-24-15)20-11-12-3-6-16-17(10-12)26-9-8-25-16/h1-7,10H,8-9,11H2,(H,20,22)(H,21,23). The lowest BCUT2D eigenvalue weighted by atomic mass is 10.1. The molecule has 1 aromatic carbocycles. The first-order valence-electron chi connectivity index (χ1n) is 8.14. The number of aromatic amines is 1. The third kappa shape index (κ3) is 3.19. The van der Waals surface area contributed by atoms with Crippen LogP contribution in [0.1, 0.15) is 15.9 Å². The van der Waals surface area contributed by atoms with Gasteiger partial charge in [-0.25, -0.2) is 0 Å². The van der Waals surface area contributed by atoms with E-state index in [1.807, 2.05) is 12.1 Å². The van der Waals surface area contributed by atoms with Crippen molar-refractivity contribution < 1.29 is 18.7 Å². The van der Waals surface area contributed by atoms with E-state index < -0.39 is 11.5 Å². The second-order valence-electron chi connectivity index (χ2n) is 5.75. The fourth-order valence-electron chi connectivity index (χ4n) is 2.70. The third-order valence-corrected chi connectivity index (χ3v) is 4.00. The molecule has 0 bridgehead atoms. The highest BCUT2D eigenvalue weighted by Gasteiger charge is 2.14. The maximum atomic E-state index is 12.3. The van der Waals surface area contributed by atoms with Gasteiger partial charge >= 0.3 is 0 Å². The monoisotopic (exact) mass is 352 g/mol. The molecule has 132 valence electrons. The number of fused-ring (bicyclic) bond motifs is 1. The number of rotatable bonds is 4. The molecule has 7 nitrogen and oxygen atoms in total. The van der Waals surface area contributed by atoms with Crippen LogP contribution in [0.4, 0.5) is 0 Å². The summed E-state index contributed by atoms with van der Waals surface area (Å²) in [5.41, 5.74) is 0.936. The first kappa shape index (κ1) is 16.0. The number of carbonyl (C=O) groups is 1.